The minimum absolute atomic E-state index is 0.119. The third-order valence-corrected chi connectivity index (χ3v) is 5.67. The minimum atomic E-state index is -0.958. The lowest BCUT2D eigenvalue weighted by molar-refractivity contribution is -0.141. The number of nitrogens with zero attached hydrogens (tertiary/aromatic N) is 2. The molecule has 0 aromatic carbocycles. The molecule has 2 unspecified atom stereocenters. The summed E-state index contributed by atoms with van der Waals surface area (Å²) >= 11 is 1.47. The quantitative estimate of drug-likeness (QED) is 0.737. The number of aliphatic carboxylic acids is 1. The highest BCUT2D eigenvalue weighted by molar-refractivity contribution is 8.00. The lowest BCUT2D eigenvalue weighted by Gasteiger charge is -2.34. The van der Waals surface area contributed by atoms with Crippen LogP contribution in [0.25, 0.3) is 0 Å². The fourth-order valence-corrected chi connectivity index (χ4v) is 4.33. The van der Waals surface area contributed by atoms with E-state index < -0.39 is 22.8 Å². The van der Waals surface area contributed by atoms with Crippen LogP contribution in [0.15, 0.2) is 0 Å². The van der Waals surface area contributed by atoms with E-state index in [0.717, 1.165) is 0 Å². The number of hydrogen-bond acceptors (Lipinski definition) is 4. The van der Waals surface area contributed by atoms with Crippen molar-refractivity contribution in [2.75, 3.05) is 30.3 Å². The average molecular weight is 292 g/mol. The van der Waals surface area contributed by atoms with Crippen molar-refractivity contribution in [3.05, 3.63) is 0 Å². The van der Waals surface area contributed by atoms with E-state index in [0.29, 0.717) is 30.3 Å². The van der Waals surface area contributed by atoms with E-state index in [4.69, 9.17) is 5.11 Å². The van der Waals surface area contributed by atoms with Gasteiger partial charge in [0, 0.05) is 41.1 Å². The molecule has 0 aliphatic carbocycles. The summed E-state index contributed by atoms with van der Waals surface area (Å²) in [7, 11) is -0.839. The fourth-order valence-electron chi connectivity index (χ4n) is 2.12. The molecule has 8 heteroatoms. The zero-order valence-electron chi connectivity index (χ0n) is 10.1. The number of carbonyl (C=O) groups excluding carboxylic acids is 1. The molecule has 0 bridgehead atoms. The Labute approximate surface area is 112 Å². The first-order valence-electron chi connectivity index (χ1n) is 5.77. The molecule has 0 spiro atoms. The van der Waals surface area contributed by atoms with Crippen LogP contribution in [0.1, 0.15) is 6.92 Å². The third-order valence-electron chi connectivity index (χ3n) is 3.18. The van der Waals surface area contributed by atoms with Gasteiger partial charge in [-0.05, 0) is 6.92 Å². The van der Waals surface area contributed by atoms with Gasteiger partial charge in [-0.1, -0.05) is 0 Å². The van der Waals surface area contributed by atoms with Crippen LogP contribution < -0.4 is 0 Å². The van der Waals surface area contributed by atoms with Crippen molar-refractivity contribution < 1.29 is 18.9 Å². The van der Waals surface area contributed by atoms with Gasteiger partial charge in [-0.3, -0.25) is 9.11 Å². The van der Waals surface area contributed by atoms with Crippen LogP contribution in [0.5, 0.6) is 0 Å². The lowest BCUT2D eigenvalue weighted by Crippen LogP contribution is -2.54. The molecule has 2 fully saturated rings. The van der Waals surface area contributed by atoms with E-state index in [1.807, 2.05) is 6.92 Å². The highest BCUT2D eigenvalue weighted by Crippen LogP contribution is 2.30. The summed E-state index contributed by atoms with van der Waals surface area (Å²) in [5.41, 5.74) is 0. The molecule has 2 saturated heterocycles. The maximum Gasteiger partial charge on any atom is 0.327 e. The molecule has 2 aliphatic rings. The highest BCUT2D eigenvalue weighted by atomic mass is 32.2. The van der Waals surface area contributed by atoms with Crippen molar-refractivity contribution in [3.63, 3.8) is 0 Å². The smallest absolute Gasteiger partial charge is 0.327 e. The molecule has 102 valence electrons. The molecule has 6 nitrogen and oxygen atoms in total. The van der Waals surface area contributed by atoms with Gasteiger partial charge in [0.15, 0.2) is 0 Å². The number of carboxylic acid groups (broad SMARTS) is 1. The molecule has 2 heterocycles. The molecule has 0 radical (unpaired) electrons. The number of amides is 2. The summed E-state index contributed by atoms with van der Waals surface area (Å²) in [5.74, 6) is 0.445. The van der Waals surface area contributed by atoms with Crippen LogP contribution in [-0.4, -0.2) is 72.9 Å². The molecule has 0 aromatic rings. The molecule has 2 rings (SSSR count). The summed E-state index contributed by atoms with van der Waals surface area (Å²) in [5, 5.41) is 9.00. The molecule has 0 saturated carbocycles. The Bertz CT molecular complexity index is 380. The molecule has 18 heavy (non-hydrogen) atoms. The zero-order chi connectivity index (χ0) is 13.3. The Morgan fingerprint density at radius 3 is 2.50 bits per heavy atom. The van der Waals surface area contributed by atoms with Gasteiger partial charge in [0.2, 0.25) is 0 Å². The predicted molar refractivity (Wildman–Crippen MR) is 70.0 cm³/mol. The van der Waals surface area contributed by atoms with Crippen molar-refractivity contribution in [1.29, 1.82) is 0 Å². The Hall–Kier alpha value is -0.760. The van der Waals surface area contributed by atoms with E-state index in [1.165, 1.54) is 16.7 Å². The zero-order valence-corrected chi connectivity index (χ0v) is 11.7. The highest BCUT2D eigenvalue weighted by Gasteiger charge is 2.41. The normalized spacial score (nSPS) is 29.6. The third kappa shape index (κ3) is 2.64. The summed E-state index contributed by atoms with van der Waals surface area (Å²) in [6.07, 6.45) is 0. The topological polar surface area (TPSA) is 77.9 Å². The first kappa shape index (κ1) is 13.7. The summed E-state index contributed by atoms with van der Waals surface area (Å²) in [4.78, 5) is 26.5. The number of carboxylic acids is 1. The molecule has 2 aliphatic heterocycles. The van der Waals surface area contributed by atoms with Crippen molar-refractivity contribution in [2.24, 2.45) is 0 Å². The second kappa shape index (κ2) is 5.48. The second-order valence-electron chi connectivity index (χ2n) is 4.31. The van der Waals surface area contributed by atoms with Gasteiger partial charge in [-0.25, -0.2) is 9.59 Å². The van der Waals surface area contributed by atoms with Crippen molar-refractivity contribution in [3.8, 4) is 0 Å². The van der Waals surface area contributed by atoms with Gasteiger partial charge in [-0.15, -0.1) is 11.8 Å². The number of carbonyl (C=O) groups is 2. The molecule has 2 atom stereocenters. The maximum atomic E-state index is 12.3. The summed E-state index contributed by atoms with van der Waals surface area (Å²) in [6.45, 7) is 2.74. The first-order chi connectivity index (χ1) is 8.50. The molecular weight excluding hydrogens is 276 g/mol. The Balaban J connectivity index is 2.07. The largest absolute Gasteiger partial charge is 0.480 e. The standard InChI is InChI=1S/C10H16N2O4S2/c1-7-12(8(6-17-7)9(13)14)10(15)11-2-4-18(16)5-3-11/h7-8H,2-6H2,1H3,(H,13,14). The number of hydrogen-bond donors (Lipinski definition) is 1. The van der Waals surface area contributed by atoms with Crippen LogP contribution in [-0.2, 0) is 15.6 Å². The molecule has 1 N–H and O–H groups in total. The number of rotatable bonds is 1. The molecule has 2 amide bonds. The van der Waals surface area contributed by atoms with Crippen LogP contribution in [0.2, 0.25) is 0 Å². The van der Waals surface area contributed by atoms with Crippen LogP contribution >= 0.6 is 11.8 Å². The molecular formula is C10H16N2O4S2. The summed E-state index contributed by atoms with van der Waals surface area (Å²) < 4.78 is 11.3. The summed E-state index contributed by atoms with van der Waals surface area (Å²) in [6, 6.07) is -0.985. The van der Waals surface area contributed by atoms with Gasteiger partial charge in [0.1, 0.15) is 6.04 Å². The lowest BCUT2D eigenvalue weighted by atomic mass is 10.3. The van der Waals surface area contributed by atoms with E-state index in [-0.39, 0.29) is 11.4 Å². The number of thioether (sulfide) groups is 1. The van der Waals surface area contributed by atoms with E-state index in [2.05, 4.69) is 0 Å². The van der Waals surface area contributed by atoms with E-state index in [9.17, 15) is 13.8 Å². The van der Waals surface area contributed by atoms with Gasteiger partial charge in [-0.2, -0.15) is 0 Å². The first-order valence-corrected chi connectivity index (χ1v) is 8.31. The van der Waals surface area contributed by atoms with E-state index >= 15 is 0 Å². The minimum Gasteiger partial charge on any atom is -0.480 e. The van der Waals surface area contributed by atoms with Crippen LogP contribution in [0.4, 0.5) is 4.79 Å². The Morgan fingerprint density at radius 2 is 1.94 bits per heavy atom. The van der Waals surface area contributed by atoms with Crippen LogP contribution in [0, 0.1) is 0 Å². The van der Waals surface area contributed by atoms with Gasteiger partial charge in [0.25, 0.3) is 0 Å². The van der Waals surface area contributed by atoms with E-state index in [1.54, 1.807) is 4.90 Å². The monoisotopic (exact) mass is 292 g/mol. The van der Waals surface area contributed by atoms with Gasteiger partial charge < -0.3 is 10.0 Å². The van der Waals surface area contributed by atoms with Gasteiger partial charge >= 0.3 is 12.0 Å². The number of urea groups is 1. The van der Waals surface area contributed by atoms with Crippen molar-refractivity contribution in [1.82, 2.24) is 9.80 Å². The Kier molecular flexibility index (Phi) is 4.16. The van der Waals surface area contributed by atoms with Crippen molar-refractivity contribution in [2.45, 2.75) is 18.3 Å². The Morgan fingerprint density at radius 1 is 1.33 bits per heavy atom. The predicted octanol–water partition coefficient (Wildman–Crippen LogP) is 0.0187. The maximum absolute atomic E-state index is 12.3. The average Bonchev–Trinajstić information content (AvgIpc) is 2.71. The van der Waals surface area contributed by atoms with Crippen LogP contribution in [0.3, 0.4) is 0 Å². The van der Waals surface area contributed by atoms with Gasteiger partial charge in [0.05, 0.1) is 5.37 Å². The second-order valence-corrected chi connectivity index (χ2v) is 7.36. The fraction of sp³-hybridized carbons (Fsp3) is 0.800. The molecule has 0 aromatic heterocycles. The SMILES string of the molecule is CC1SCC(C(=O)O)N1C(=O)N1CCS(=O)CC1. The van der Waals surface area contributed by atoms with Crippen molar-refractivity contribution >= 4 is 34.6 Å².